The van der Waals surface area contributed by atoms with E-state index >= 15 is 0 Å². The van der Waals surface area contributed by atoms with E-state index in [0.29, 0.717) is 19.6 Å². The summed E-state index contributed by atoms with van der Waals surface area (Å²) in [7, 11) is -1.71. The SMILES string of the molecule is COc1ccc(CNC(=O)CC2C(O)CCC3C4(C)COC(CNS(C)(=O)=O)OC4CCC23C)cc1. The molecule has 2 aliphatic carbocycles. The second kappa shape index (κ2) is 10.6. The van der Waals surface area contributed by atoms with Gasteiger partial charge >= 0.3 is 0 Å². The van der Waals surface area contributed by atoms with Crippen molar-refractivity contribution < 1.29 is 32.5 Å². The second-order valence-corrected chi connectivity index (χ2v) is 13.0. The summed E-state index contributed by atoms with van der Waals surface area (Å²) in [5, 5.41) is 14.0. The van der Waals surface area contributed by atoms with Crippen molar-refractivity contribution in [3.8, 4) is 5.75 Å². The van der Waals surface area contributed by atoms with Crippen LogP contribution in [0.1, 0.15) is 51.5 Å². The summed E-state index contributed by atoms with van der Waals surface area (Å²) in [6, 6.07) is 7.59. The van der Waals surface area contributed by atoms with Crippen LogP contribution >= 0.6 is 0 Å². The molecule has 3 fully saturated rings. The number of aliphatic hydroxyl groups is 1. The van der Waals surface area contributed by atoms with E-state index < -0.39 is 22.4 Å². The van der Waals surface area contributed by atoms with Crippen molar-refractivity contribution in [2.45, 2.75) is 71.0 Å². The Morgan fingerprint density at radius 2 is 1.89 bits per heavy atom. The van der Waals surface area contributed by atoms with Gasteiger partial charge in [0.15, 0.2) is 6.29 Å². The van der Waals surface area contributed by atoms with Crippen molar-refractivity contribution in [1.82, 2.24) is 10.0 Å². The van der Waals surface area contributed by atoms with E-state index in [9.17, 15) is 18.3 Å². The second-order valence-electron chi connectivity index (χ2n) is 11.2. The van der Waals surface area contributed by atoms with Crippen LogP contribution in [0.4, 0.5) is 0 Å². The average Bonchev–Trinajstić information content (AvgIpc) is 2.83. The Bertz CT molecular complexity index is 1030. The van der Waals surface area contributed by atoms with Gasteiger partial charge in [0.2, 0.25) is 15.9 Å². The van der Waals surface area contributed by atoms with E-state index in [1.165, 1.54) is 0 Å². The lowest BCUT2D eigenvalue weighted by Gasteiger charge is -2.63. The Labute approximate surface area is 214 Å². The number of carbonyl (C=O) groups is 1. The molecule has 1 saturated heterocycles. The molecule has 0 radical (unpaired) electrons. The number of carbonyl (C=O) groups excluding carboxylic acids is 1. The number of methoxy groups -OCH3 is 1. The Morgan fingerprint density at radius 3 is 2.56 bits per heavy atom. The van der Waals surface area contributed by atoms with Crippen LogP contribution in [0.2, 0.25) is 0 Å². The van der Waals surface area contributed by atoms with Crippen LogP contribution in [0.5, 0.6) is 5.75 Å². The summed E-state index contributed by atoms with van der Waals surface area (Å²) < 4.78 is 42.8. The smallest absolute Gasteiger partial charge is 0.220 e. The first-order valence-electron chi connectivity index (χ1n) is 12.7. The normalized spacial score (nSPS) is 36.4. The van der Waals surface area contributed by atoms with Gasteiger partial charge in [-0.15, -0.1) is 0 Å². The number of benzene rings is 1. The maximum Gasteiger partial charge on any atom is 0.220 e. The molecular weight excluding hydrogens is 484 g/mol. The van der Waals surface area contributed by atoms with Gasteiger partial charge in [-0.3, -0.25) is 4.79 Å². The number of rotatable bonds is 8. The van der Waals surface area contributed by atoms with Crippen LogP contribution in [0.3, 0.4) is 0 Å². The molecule has 0 spiro atoms. The number of fused-ring (bicyclic) bond motifs is 3. The van der Waals surface area contributed by atoms with E-state index in [0.717, 1.165) is 36.8 Å². The summed E-state index contributed by atoms with van der Waals surface area (Å²) in [5.41, 5.74) is 0.485. The minimum Gasteiger partial charge on any atom is -0.497 e. The van der Waals surface area contributed by atoms with Crippen molar-refractivity contribution in [2.24, 2.45) is 22.7 Å². The molecule has 1 aromatic carbocycles. The summed E-state index contributed by atoms with van der Waals surface area (Å²) in [6.07, 6.45) is 3.27. The van der Waals surface area contributed by atoms with Crippen LogP contribution in [0.15, 0.2) is 24.3 Å². The van der Waals surface area contributed by atoms with Gasteiger partial charge in [-0.1, -0.05) is 26.0 Å². The molecule has 2 saturated carbocycles. The van der Waals surface area contributed by atoms with Crippen LogP contribution in [0, 0.1) is 22.7 Å². The zero-order chi connectivity index (χ0) is 26.1. The van der Waals surface area contributed by atoms with Crippen LogP contribution in [-0.4, -0.2) is 64.4 Å². The molecule has 1 amide bonds. The molecule has 0 bridgehead atoms. The first kappa shape index (κ1) is 27.3. The fourth-order valence-electron chi connectivity index (χ4n) is 6.83. The summed E-state index contributed by atoms with van der Waals surface area (Å²) in [5.74, 6) is 0.768. The first-order valence-corrected chi connectivity index (χ1v) is 14.6. The molecule has 36 heavy (non-hydrogen) atoms. The molecule has 1 aliphatic heterocycles. The van der Waals surface area contributed by atoms with Crippen molar-refractivity contribution in [1.29, 1.82) is 0 Å². The van der Waals surface area contributed by atoms with E-state index in [-0.39, 0.29) is 47.6 Å². The van der Waals surface area contributed by atoms with Gasteiger partial charge in [0.25, 0.3) is 0 Å². The van der Waals surface area contributed by atoms with Crippen molar-refractivity contribution in [3.05, 3.63) is 29.8 Å². The molecule has 7 unspecified atom stereocenters. The van der Waals surface area contributed by atoms with Crippen molar-refractivity contribution in [2.75, 3.05) is 26.5 Å². The molecule has 3 aliphatic rings. The topological polar surface area (TPSA) is 123 Å². The number of hydrogen-bond donors (Lipinski definition) is 3. The number of aliphatic hydroxyl groups excluding tert-OH is 1. The minimum atomic E-state index is -3.33. The summed E-state index contributed by atoms with van der Waals surface area (Å²) in [6.45, 7) is 5.36. The van der Waals surface area contributed by atoms with Crippen LogP contribution < -0.4 is 14.8 Å². The zero-order valence-corrected chi connectivity index (χ0v) is 22.5. The van der Waals surface area contributed by atoms with Crippen LogP contribution in [-0.2, 0) is 30.8 Å². The predicted octanol–water partition coefficient (Wildman–Crippen LogP) is 2.19. The summed E-state index contributed by atoms with van der Waals surface area (Å²) in [4.78, 5) is 13.0. The van der Waals surface area contributed by atoms with Gasteiger partial charge in [-0.25, -0.2) is 13.1 Å². The Balaban J connectivity index is 1.41. The first-order chi connectivity index (χ1) is 16.9. The zero-order valence-electron chi connectivity index (χ0n) is 21.7. The minimum absolute atomic E-state index is 0.0597. The van der Waals surface area contributed by atoms with Crippen molar-refractivity contribution in [3.63, 3.8) is 0 Å². The molecular formula is C26H40N2O7S. The molecule has 7 atom stereocenters. The van der Waals surface area contributed by atoms with Gasteiger partial charge < -0.3 is 24.6 Å². The third-order valence-corrected chi connectivity index (χ3v) is 9.49. The molecule has 0 aromatic heterocycles. The molecule has 9 nitrogen and oxygen atoms in total. The number of nitrogens with one attached hydrogen (secondary N) is 2. The van der Waals surface area contributed by atoms with Crippen LogP contribution in [0.25, 0.3) is 0 Å². The third-order valence-electron chi connectivity index (χ3n) is 8.80. The Kier molecular flexibility index (Phi) is 8.02. The fourth-order valence-corrected chi connectivity index (χ4v) is 7.27. The summed E-state index contributed by atoms with van der Waals surface area (Å²) >= 11 is 0. The molecule has 1 aromatic rings. The number of hydrogen-bond acceptors (Lipinski definition) is 7. The molecule has 202 valence electrons. The van der Waals surface area contributed by atoms with E-state index in [1.807, 2.05) is 24.3 Å². The Hall–Kier alpha value is -1.72. The van der Waals surface area contributed by atoms with Gasteiger partial charge in [0.05, 0.1) is 38.7 Å². The van der Waals surface area contributed by atoms with Gasteiger partial charge in [0.1, 0.15) is 5.75 Å². The number of amides is 1. The maximum absolute atomic E-state index is 13.0. The standard InChI is InChI=1S/C26H40N2O7S/c1-25-12-11-22-26(2,16-34-24(35-22)15-28-36(4,31)32)21(25)10-9-20(29)19(25)13-23(30)27-14-17-5-7-18(33-3)8-6-17/h5-8,19-22,24,28-29H,9-16H2,1-4H3,(H,27,30). The maximum atomic E-state index is 13.0. The van der Waals surface area contributed by atoms with Crippen molar-refractivity contribution >= 4 is 15.9 Å². The highest BCUT2D eigenvalue weighted by Crippen LogP contribution is 2.62. The molecule has 3 N–H and O–H groups in total. The highest BCUT2D eigenvalue weighted by Gasteiger charge is 2.61. The highest BCUT2D eigenvalue weighted by molar-refractivity contribution is 7.88. The lowest BCUT2D eigenvalue weighted by atomic mass is 9.46. The number of sulfonamides is 1. The lowest BCUT2D eigenvalue weighted by Crippen LogP contribution is -2.63. The van der Waals surface area contributed by atoms with E-state index in [4.69, 9.17) is 14.2 Å². The lowest BCUT2D eigenvalue weighted by molar-refractivity contribution is -0.305. The molecule has 10 heteroatoms. The largest absolute Gasteiger partial charge is 0.497 e. The molecule has 4 rings (SSSR count). The quantitative estimate of drug-likeness (QED) is 0.476. The van der Waals surface area contributed by atoms with E-state index in [2.05, 4.69) is 23.9 Å². The monoisotopic (exact) mass is 524 g/mol. The predicted molar refractivity (Wildman–Crippen MR) is 135 cm³/mol. The van der Waals surface area contributed by atoms with Gasteiger partial charge in [-0.05, 0) is 60.6 Å². The fraction of sp³-hybridized carbons (Fsp3) is 0.731. The highest BCUT2D eigenvalue weighted by atomic mass is 32.2. The third kappa shape index (κ3) is 5.72. The van der Waals surface area contributed by atoms with Gasteiger partial charge in [-0.2, -0.15) is 0 Å². The average molecular weight is 525 g/mol. The van der Waals surface area contributed by atoms with Gasteiger partial charge in [0, 0.05) is 18.4 Å². The van der Waals surface area contributed by atoms with E-state index in [1.54, 1.807) is 7.11 Å². The Morgan fingerprint density at radius 1 is 1.17 bits per heavy atom. The number of ether oxygens (including phenoxy) is 3. The molecule has 1 heterocycles.